The van der Waals surface area contributed by atoms with Crippen molar-refractivity contribution >= 4 is 11.6 Å². The highest BCUT2D eigenvalue weighted by Gasteiger charge is 2.27. The lowest BCUT2D eigenvalue weighted by molar-refractivity contribution is 0.551. The van der Waals surface area contributed by atoms with Gasteiger partial charge in [0.1, 0.15) is 0 Å². The SMILES string of the molecule is Cc1cc([C@@H]2NCCc3[nH]cnc32)c(C)n1-c1ccccc1Cl. The summed E-state index contributed by atoms with van der Waals surface area (Å²) < 4.78 is 2.22. The number of hydrogen-bond donors (Lipinski definition) is 2. The average Bonchev–Trinajstić information content (AvgIpc) is 3.13. The van der Waals surface area contributed by atoms with Gasteiger partial charge in [-0.1, -0.05) is 23.7 Å². The highest BCUT2D eigenvalue weighted by molar-refractivity contribution is 6.32. The van der Waals surface area contributed by atoms with Crippen LogP contribution in [0.5, 0.6) is 0 Å². The molecule has 4 nitrogen and oxygen atoms in total. The van der Waals surface area contributed by atoms with Crippen molar-refractivity contribution in [3.8, 4) is 5.69 Å². The van der Waals surface area contributed by atoms with Crippen LogP contribution >= 0.6 is 11.6 Å². The number of para-hydroxylation sites is 1. The zero-order valence-electron chi connectivity index (χ0n) is 13.2. The van der Waals surface area contributed by atoms with Crippen LogP contribution in [-0.4, -0.2) is 21.1 Å². The van der Waals surface area contributed by atoms with E-state index in [0.29, 0.717) is 0 Å². The Bertz CT molecular complexity index is 862. The van der Waals surface area contributed by atoms with E-state index in [4.69, 9.17) is 11.6 Å². The van der Waals surface area contributed by atoms with Crippen molar-refractivity contribution in [1.29, 1.82) is 0 Å². The van der Waals surface area contributed by atoms with Crippen LogP contribution in [0.4, 0.5) is 0 Å². The number of rotatable bonds is 2. The second-order valence-electron chi connectivity index (χ2n) is 6.02. The first-order valence-electron chi connectivity index (χ1n) is 7.86. The van der Waals surface area contributed by atoms with Gasteiger partial charge in [0.15, 0.2) is 0 Å². The smallest absolute Gasteiger partial charge is 0.0926 e. The summed E-state index contributed by atoms with van der Waals surface area (Å²) in [5.41, 5.74) is 7.00. The van der Waals surface area contributed by atoms with E-state index in [9.17, 15) is 0 Å². The number of hydrogen-bond acceptors (Lipinski definition) is 2. The highest BCUT2D eigenvalue weighted by Crippen LogP contribution is 2.33. The van der Waals surface area contributed by atoms with Gasteiger partial charge < -0.3 is 14.9 Å². The number of aryl methyl sites for hydroxylation is 1. The number of fused-ring (bicyclic) bond motifs is 1. The fraction of sp³-hybridized carbons (Fsp3) is 0.278. The molecular weight excluding hydrogens is 308 g/mol. The van der Waals surface area contributed by atoms with Crippen molar-refractivity contribution < 1.29 is 0 Å². The monoisotopic (exact) mass is 326 g/mol. The van der Waals surface area contributed by atoms with E-state index in [0.717, 1.165) is 29.4 Å². The molecule has 0 saturated heterocycles. The van der Waals surface area contributed by atoms with Crippen LogP contribution in [0, 0.1) is 13.8 Å². The minimum atomic E-state index is 0.132. The third kappa shape index (κ3) is 2.30. The molecule has 23 heavy (non-hydrogen) atoms. The molecule has 3 aromatic rings. The van der Waals surface area contributed by atoms with Crippen molar-refractivity contribution in [2.24, 2.45) is 0 Å². The van der Waals surface area contributed by atoms with E-state index in [1.807, 2.05) is 18.2 Å². The van der Waals surface area contributed by atoms with Crippen LogP contribution in [0.25, 0.3) is 5.69 Å². The summed E-state index contributed by atoms with van der Waals surface area (Å²) >= 11 is 6.41. The van der Waals surface area contributed by atoms with Gasteiger partial charge in [-0.3, -0.25) is 0 Å². The highest BCUT2D eigenvalue weighted by atomic mass is 35.5. The summed E-state index contributed by atoms with van der Waals surface area (Å²) in [5, 5.41) is 4.36. The van der Waals surface area contributed by atoms with E-state index in [1.54, 1.807) is 6.33 Å². The van der Waals surface area contributed by atoms with E-state index in [2.05, 4.69) is 45.8 Å². The summed E-state index contributed by atoms with van der Waals surface area (Å²) in [6, 6.07) is 10.3. The molecule has 1 aromatic carbocycles. The third-order valence-corrected chi connectivity index (χ3v) is 4.94. The Balaban J connectivity index is 1.85. The first-order chi connectivity index (χ1) is 11.2. The van der Waals surface area contributed by atoms with Crippen LogP contribution in [0.1, 0.15) is 34.4 Å². The molecule has 2 aromatic heterocycles. The van der Waals surface area contributed by atoms with Crippen molar-refractivity contribution in [2.75, 3.05) is 6.54 Å². The molecule has 0 radical (unpaired) electrons. The largest absolute Gasteiger partial charge is 0.348 e. The van der Waals surface area contributed by atoms with Crippen molar-refractivity contribution in [1.82, 2.24) is 19.9 Å². The maximum atomic E-state index is 6.41. The second kappa shape index (κ2) is 5.55. The summed E-state index contributed by atoms with van der Waals surface area (Å²) in [6.45, 7) is 5.22. The average molecular weight is 327 g/mol. The van der Waals surface area contributed by atoms with Gasteiger partial charge in [0.25, 0.3) is 0 Å². The van der Waals surface area contributed by atoms with Gasteiger partial charge in [0.05, 0.1) is 28.8 Å². The lowest BCUT2D eigenvalue weighted by Gasteiger charge is -2.23. The fourth-order valence-electron chi connectivity index (χ4n) is 3.56. The van der Waals surface area contributed by atoms with Gasteiger partial charge in [-0.05, 0) is 37.6 Å². The summed E-state index contributed by atoms with van der Waals surface area (Å²) in [4.78, 5) is 7.79. The van der Waals surface area contributed by atoms with Gasteiger partial charge in [-0.2, -0.15) is 0 Å². The molecule has 3 heterocycles. The van der Waals surface area contributed by atoms with Crippen LogP contribution in [0.15, 0.2) is 36.7 Å². The predicted octanol–water partition coefficient (Wildman–Crippen LogP) is 3.71. The van der Waals surface area contributed by atoms with E-state index in [1.165, 1.54) is 22.6 Å². The number of halogens is 1. The minimum absolute atomic E-state index is 0.132. The molecule has 0 saturated carbocycles. The first kappa shape index (κ1) is 14.5. The molecule has 4 rings (SSSR count). The zero-order chi connectivity index (χ0) is 16.0. The molecule has 0 spiro atoms. The number of aromatic nitrogens is 3. The second-order valence-corrected chi connectivity index (χ2v) is 6.42. The van der Waals surface area contributed by atoms with Crippen LogP contribution in [0.3, 0.4) is 0 Å². The molecular formula is C18H19ClN4. The molecule has 0 aliphatic carbocycles. The molecule has 5 heteroatoms. The van der Waals surface area contributed by atoms with E-state index >= 15 is 0 Å². The van der Waals surface area contributed by atoms with Gasteiger partial charge in [0.2, 0.25) is 0 Å². The Morgan fingerprint density at radius 2 is 2.09 bits per heavy atom. The lowest BCUT2D eigenvalue weighted by Crippen LogP contribution is -2.31. The number of aromatic amines is 1. The number of benzene rings is 1. The van der Waals surface area contributed by atoms with E-state index < -0.39 is 0 Å². The Labute approximate surface area is 140 Å². The summed E-state index contributed by atoms with van der Waals surface area (Å²) in [5.74, 6) is 0. The minimum Gasteiger partial charge on any atom is -0.348 e. The normalized spacial score (nSPS) is 17.3. The zero-order valence-corrected chi connectivity index (χ0v) is 14.0. The molecule has 0 bridgehead atoms. The molecule has 1 aliphatic rings. The third-order valence-electron chi connectivity index (χ3n) is 4.62. The molecule has 1 aliphatic heterocycles. The quantitative estimate of drug-likeness (QED) is 0.754. The molecule has 1 atom stereocenters. The Morgan fingerprint density at radius 3 is 2.91 bits per heavy atom. The van der Waals surface area contributed by atoms with Crippen molar-refractivity contribution in [2.45, 2.75) is 26.3 Å². The van der Waals surface area contributed by atoms with Crippen LogP contribution < -0.4 is 5.32 Å². The summed E-state index contributed by atoms with van der Waals surface area (Å²) in [7, 11) is 0. The van der Waals surface area contributed by atoms with Crippen LogP contribution in [-0.2, 0) is 6.42 Å². The fourth-order valence-corrected chi connectivity index (χ4v) is 3.78. The molecule has 2 N–H and O–H groups in total. The van der Waals surface area contributed by atoms with E-state index in [-0.39, 0.29) is 6.04 Å². The standard InChI is InChI=1S/C18H19ClN4/c1-11-9-13(17-18-15(7-8-20-17)21-10-22-18)12(2)23(11)16-6-4-3-5-14(16)19/h3-6,9-10,17,20H,7-8H2,1-2H3,(H,21,22)/t17-/m0/s1. The maximum Gasteiger partial charge on any atom is 0.0926 e. The Hall–Kier alpha value is -2.04. The number of imidazole rings is 1. The maximum absolute atomic E-state index is 6.41. The number of H-pyrrole nitrogens is 1. The lowest BCUT2D eigenvalue weighted by atomic mass is 9.98. The molecule has 118 valence electrons. The summed E-state index contributed by atoms with van der Waals surface area (Å²) in [6.07, 6.45) is 2.78. The van der Waals surface area contributed by atoms with Crippen molar-refractivity contribution in [3.05, 3.63) is 70.0 Å². The van der Waals surface area contributed by atoms with Gasteiger partial charge in [0, 0.05) is 30.0 Å². The van der Waals surface area contributed by atoms with Gasteiger partial charge >= 0.3 is 0 Å². The first-order valence-corrected chi connectivity index (χ1v) is 8.24. The van der Waals surface area contributed by atoms with Gasteiger partial charge in [-0.25, -0.2) is 4.98 Å². The Morgan fingerprint density at radius 1 is 1.26 bits per heavy atom. The molecule has 0 amide bonds. The number of nitrogens with one attached hydrogen (secondary N) is 2. The van der Waals surface area contributed by atoms with Crippen molar-refractivity contribution in [3.63, 3.8) is 0 Å². The Kier molecular flexibility index (Phi) is 3.51. The molecule has 0 unspecified atom stereocenters. The molecule has 0 fully saturated rings. The van der Waals surface area contributed by atoms with Gasteiger partial charge in [-0.15, -0.1) is 0 Å². The number of nitrogens with zero attached hydrogens (tertiary/aromatic N) is 2. The van der Waals surface area contributed by atoms with Crippen LogP contribution in [0.2, 0.25) is 5.02 Å². The topological polar surface area (TPSA) is 45.6 Å². The predicted molar refractivity (Wildman–Crippen MR) is 92.4 cm³/mol.